The fourth-order valence-electron chi connectivity index (χ4n) is 3.27. The molecule has 0 saturated carbocycles. The Kier molecular flexibility index (Phi) is 8.21. The quantitative estimate of drug-likeness (QED) is 0.682. The summed E-state index contributed by atoms with van der Waals surface area (Å²) < 4.78 is 5.47. The maximum atomic E-state index is 12.4. The molecule has 0 unspecified atom stereocenters. The molecule has 0 aromatic heterocycles. The van der Waals surface area contributed by atoms with Crippen LogP contribution in [0.5, 0.6) is 5.75 Å². The van der Waals surface area contributed by atoms with Crippen molar-refractivity contribution in [3.8, 4) is 5.75 Å². The van der Waals surface area contributed by atoms with E-state index in [4.69, 9.17) is 4.74 Å². The number of hydrogen-bond acceptors (Lipinski definition) is 4. The number of carbonyl (C=O) groups is 2. The number of likely N-dealkylation sites (N-methyl/N-ethyl adjacent to an activating group) is 1. The lowest BCUT2D eigenvalue weighted by Gasteiger charge is -2.18. The molecule has 0 aliphatic carbocycles. The van der Waals surface area contributed by atoms with Crippen LogP contribution in [0.1, 0.15) is 29.2 Å². The zero-order valence-electron chi connectivity index (χ0n) is 18.0. The molecule has 2 aromatic rings. The second-order valence-electron chi connectivity index (χ2n) is 7.35. The number of nitrogens with one attached hydrogen (secondary N) is 2. The lowest BCUT2D eigenvalue weighted by atomic mass is 10.1. The molecular formula is C23H31N3O3. The molecule has 0 saturated heterocycles. The van der Waals surface area contributed by atoms with Gasteiger partial charge in [0.1, 0.15) is 5.75 Å². The van der Waals surface area contributed by atoms with Crippen LogP contribution < -0.4 is 15.4 Å². The third-order valence-electron chi connectivity index (χ3n) is 4.47. The van der Waals surface area contributed by atoms with E-state index in [1.54, 1.807) is 11.9 Å². The summed E-state index contributed by atoms with van der Waals surface area (Å²) in [5, 5.41) is 5.84. The number of nitrogens with zero attached hydrogens (tertiary/aromatic N) is 1. The first-order valence-corrected chi connectivity index (χ1v) is 9.83. The lowest BCUT2D eigenvalue weighted by Crippen LogP contribution is -2.38. The number of ether oxygens (including phenoxy) is 1. The maximum Gasteiger partial charge on any atom is 0.238 e. The van der Waals surface area contributed by atoms with Crippen LogP contribution in [0.15, 0.2) is 36.4 Å². The van der Waals surface area contributed by atoms with Crippen molar-refractivity contribution in [1.29, 1.82) is 0 Å². The molecule has 0 aliphatic rings. The summed E-state index contributed by atoms with van der Waals surface area (Å²) in [6.07, 6.45) is 0. The van der Waals surface area contributed by atoms with Crippen molar-refractivity contribution in [2.75, 3.05) is 32.1 Å². The molecule has 2 aromatic carbocycles. The minimum atomic E-state index is -0.139. The van der Waals surface area contributed by atoms with E-state index >= 15 is 0 Å². The van der Waals surface area contributed by atoms with Crippen LogP contribution in [0.3, 0.4) is 0 Å². The minimum Gasteiger partial charge on any atom is -0.494 e. The van der Waals surface area contributed by atoms with Gasteiger partial charge in [0.25, 0.3) is 0 Å². The molecule has 6 heteroatoms. The summed E-state index contributed by atoms with van der Waals surface area (Å²) in [6, 6.07) is 11.7. The predicted octanol–water partition coefficient (Wildman–Crippen LogP) is 3.20. The van der Waals surface area contributed by atoms with Crippen molar-refractivity contribution in [1.82, 2.24) is 10.2 Å². The molecule has 156 valence electrons. The zero-order valence-corrected chi connectivity index (χ0v) is 18.0. The number of rotatable bonds is 9. The predicted molar refractivity (Wildman–Crippen MR) is 116 cm³/mol. The van der Waals surface area contributed by atoms with Crippen LogP contribution in [-0.4, -0.2) is 43.5 Å². The second kappa shape index (κ2) is 10.6. The van der Waals surface area contributed by atoms with Crippen LogP contribution in [0, 0.1) is 20.8 Å². The van der Waals surface area contributed by atoms with E-state index in [-0.39, 0.29) is 24.9 Å². The molecule has 6 nitrogen and oxygen atoms in total. The first-order chi connectivity index (χ1) is 13.8. The summed E-state index contributed by atoms with van der Waals surface area (Å²) in [4.78, 5) is 26.3. The normalized spacial score (nSPS) is 10.7. The van der Waals surface area contributed by atoms with E-state index in [1.165, 1.54) is 5.56 Å². The van der Waals surface area contributed by atoms with Crippen LogP contribution >= 0.6 is 0 Å². The molecule has 0 heterocycles. The van der Waals surface area contributed by atoms with Gasteiger partial charge in [-0.1, -0.05) is 29.8 Å². The van der Waals surface area contributed by atoms with Crippen LogP contribution in [-0.2, 0) is 16.1 Å². The van der Waals surface area contributed by atoms with Crippen LogP contribution in [0.2, 0.25) is 0 Å². The van der Waals surface area contributed by atoms with E-state index in [2.05, 4.69) is 10.6 Å². The van der Waals surface area contributed by atoms with E-state index in [0.29, 0.717) is 13.2 Å². The SMILES string of the molecule is CCOc1cccc(CNC(=O)CN(C)CC(=O)Nc2c(C)cc(C)cc2C)c1. The first kappa shape index (κ1) is 22.4. The molecule has 0 atom stereocenters. The van der Waals surface area contributed by atoms with Gasteiger partial charge in [0.05, 0.1) is 19.7 Å². The Hall–Kier alpha value is -2.86. The molecule has 0 fully saturated rings. The molecule has 2 rings (SSSR count). The smallest absolute Gasteiger partial charge is 0.238 e. The summed E-state index contributed by atoms with van der Waals surface area (Å²) >= 11 is 0. The Labute approximate surface area is 173 Å². The molecule has 0 radical (unpaired) electrons. The van der Waals surface area contributed by atoms with E-state index < -0.39 is 0 Å². The number of aryl methyl sites for hydroxylation is 3. The van der Waals surface area contributed by atoms with Gasteiger partial charge in [0.15, 0.2) is 0 Å². The lowest BCUT2D eigenvalue weighted by molar-refractivity contribution is -0.123. The molecule has 0 bridgehead atoms. The number of benzene rings is 2. The third kappa shape index (κ3) is 7.23. The topological polar surface area (TPSA) is 70.7 Å². The summed E-state index contributed by atoms with van der Waals surface area (Å²) in [6.45, 7) is 9.23. The summed E-state index contributed by atoms with van der Waals surface area (Å²) in [5.74, 6) is 0.513. The van der Waals surface area contributed by atoms with Crippen molar-refractivity contribution in [2.24, 2.45) is 0 Å². The van der Waals surface area contributed by atoms with E-state index in [9.17, 15) is 9.59 Å². The molecule has 2 amide bonds. The van der Waals surface area contributed by atoms with Gasteiger partial charge < -0.3 is 15.4 Å². The number of hydrogen-bond donors (Lipinski definition) is 2. The summed E-state index contributed by atoms with van der Waals surface area (Å²) in [5.41, 5.74) is 5.04. The maximum absolute atomic E-state index is 12.4. The van der Waals surface area contributed by atoms with Gasteiger partial charge in [-0.05, 0) is 63.6 Å². The van der Waals surface area contributed by atoms with Crippen molar-refractivity contribution >= 4 is 17.5 Å². The Balaban J connectivity index is 1.81. The molecule has 2 N–H and O–H groups in total. The monoisotopic (exact) mass is 397 g/mol. The second-order valence-corrected chi connectivity index (χ2v) is 7.35. The average molecular weight is 398 g/mol. The Bertz CT molecular complexity index is 841. The van der Waals surface area contributed by atoms with Gasteiger partial charge in [-0.15, -0.1) is 0 Å². The van der Waals surface area contributed by atoms with E-state index in [0.717, 1.165) is 28.1 Å². The third-order valence-corrected chi connectivity index (χ3v) is 4.47. The number of amides is 2. The summed E-state index contributed by atoms with van der Waals surface area (Å²) in [7, 11) is 1.75. The molecule has 29 heavy (non-hydrogen) atoms. The molecule has 0 spiro atoms. The number of anilines is 1. The van der Waals surface area contributed by atoms with Crippen LogP contribution in [0.4, 0.5) is 5.69 Å². The van der Waals surface area contributed by atoms with E-state index in [1.807, 2.05) is 64.1 Å². The molecular weight excluding hydrogens is 366 g/mol. The Morgan fingerprint density at radius 3 is 2.31 bits per heavy atom. The fraction of sp³-hybridized carbons (Fsp3) is 0.391. The van der Waals surface area contributed by atoms with Crippen molar-refractivity contribution in [3.63, 3.8) is 0 Å². The highest BCUT2D eigenvalue weighted by Gasteiger charge is 2.13. The largest absolute Gasteiger partial charge is 0.494 e. The van der Waals surface area contributed by atoms with Gasteiger partial charge in [-0.2, -0.15) is 0 Å². The highest BCUT2D eigenvalue weighted by atomic mass is 16.5. The van der Waals surface area contributed by atoms with Gasteiger partial charge in [0, 0.05) is 12.2 Å². The van der Waals surface area contributed by atoms with Gasteiger partial charge >= 0.3 is 0 Å². The standard InChI is InChI=1S/C23H31N3O3/c1-6-29-20-9-7-8-19(12-20)13-24-21(27)14-26(5)15-22(28)25-23-17(3)10-16(2)11-18(23)4/h7-12H,6,13-15H2,1-5H3,(H,24,27)(H,25,28). The van der Waals surface area contributed by atoms with Crippen molar-refractivity contribution < 1.29 is 14.3 Å². The molecule has 0 aliphatic heterocycles. The fourth-order valence-corrected chi connectivity index (χ4v) is 3.27. The highest BCUT2D eigenvalue weighted by Crippen LogP contribution is 2.21. The average Bonchev–Trinajstić information content (AvgIpc) is 2.63. The zero-order chi connectivity index (χ0) is 21.4. The minimum absolute atomic E-state index is 0.134. The number of carbonyl (C=O) groups excluding carboxylic acids is 2. The van der Waals surface area contributed by atoms with Gasteiger partial charge in [0.2, 0.25) is 11.8 Å². The van der Waals surface area contributed by atoms with Gasteiger partial charge in [-0.25, -0.2) is 0 Å². The first-order valence-electron chi connectivity index (χ1n) is 9.83. The van der Waals surface area contributed by atoms with Crippen molar-refractivity contribution in [3.05, 3.63) is 58.7 Å². The highest BCUT2D eigenvalue weighted by molar-refractivity contribution is 5.94. The van der Waals surface area contributed by atoms with Gasteiger partial charge in [-0.3, -0.25) is 14.5 Å². The van der Waals surface area contributed by atoms with Crippen LogP contribution in [0.25, 0.3) is 0 Å². The Morgan fingerprint density at radius 1 is 1.00 bits per heavy atom. The van der Waals surface area contributed by atoms with Crippen molar-refractivity contribution in [2.45, 2.75) is 34.2 Å². The Morgan fingerprint density at radius 2 is 1.66 bits per heavy atom.